The number of carbonyl (C=O) groups is 1. The molecule has 168 valence electrons. The van der Waals surface area contributed by atoms with Gasteiger partial charge in [-0.25, -0.2) is 0 Å². The summed E-state index contributed by atoms with van der Waals surface area (Å²) in [5, 5.41) is 1.12. The number of rotatable bonds is 5. The zero-order chi connectivity index (χ0) is 21.8. The second-order valence-corrected chi connectivity index (χ2v) is 9.18. The van der Waals surface area contributed by atoms with Gasteiger partial charge in [0.15, 0.2) is 0 Å². The fourth-order valence-corrected chi connectivity index (χ4v) is 5.04. The molecule has 5 nitrogen and oxygen atoms in total. The Labute approximate surface area is 189 Å². The molecule has 0 N–H and O–H groups in total. The van der Waals surface area contributed by atoms with Crippen molar-refractivity contribution in [3.8, 4) is 0 Å². The summed E-state index contributed by atoms with van der Waals surface area (Å²) in [6.07, 6.45) is 6.43. The highest BCUT2D eigenvalue weighted by Crippen LogP contribution is 2.22. The van der Waals surface area contributed by atoms with Crippen molar-refractivity contribution < 1.29 is 13.9 Å². The second kappa shape index (κ2) is 9.88. The maximum absolute atomic E-state index is 13.6. The van der Waals surface area contributed by atoms with Gasteiger partial charge in [-0.15, -0.1) is 0 Å². The topological polar surface area (TPSA) is 45.9 Å². The summed E-state index contributed by atoms with van der Waals surface area (Å²) < 4.78 is 11.5. The van der Waals surface area contributed by atoms with Gasteiger partial charge in [-0.05, 0) is 61.7 Å². The van der Waals surface area contributed by atoms with Gasteiger partial charge in [-0.1, -0.05) is 36.8 Å². The van der Waals surface area contributed by atoms with Crippen LogP contribution < -0.4 is 0 Å². The van der Waals surface area contributed by atoms with Gasteiger partial charge in [-0.3, -0.25) is 9.69 Å². The van der Waals surface area contributed by atoms with Crippen LogP contribution in [0.3, 0.4) is 0 Å². The molecule has 1 atom stereocenters. The Hall–Kier alpha value is -2.63. The maximum Gasteiger partial charge on any atom is 0.254 e. The lowest BCUT2D eigenvalue weighted by molar-refractivity contribution is 0.0734. The third-order valence-corrected chi connectivity index (χ3v) is 6.76. The quantitative estimate of drug-likeness (QED) is 0.584. The van der Waals surface area contributed by atoms with Crippen molar-refractivity contribution in [2.45, 2.75) is 32.2 Å². The van der Waals surface area contributed by atoms with Gasteiger partial charge in [0.25, 0.3) is 5.91 Å². The summed E-state index contributed by atoms with van der Waals surface area (Å²) in [6.45, 7) is 5.74. The first kappa shape index (κ1) is 21.2. The fourth-order valence-electron chi connectivity index (χ4n) is 5.04. The summed E-state index contributed by atoms with van der Waals surface area (Å²) in [5.41, 5.74) is 4.12. The minimum Gasteiger partial charge on any atom is -0.464 e. The molecule has 0 spiro atoms. The Morgan fingerprint density at radius 1 is 1.00 bits per heavy atom. The van der Waals surface area contributed by atoms with Crippen molar-refractivity contribution in [3.05, 3.63) is 71.5 Å². The third-order valence-electron chi connectivity index (χ3n) is 6.76. The molecule has 2 aromatic carbocycles. The van der Waals surface area contributed by atoms with Gasteiger partial charge in [0.05, 0.1) is 19.5 Å². The Bertz CT molecular complexity index is 1050. The number of piperidine rings is 1. The summed E-state index contributed by atoms with van der Waals surface area (Å²) >= 11 is 0. The molecule has 3 heterocycles. The number of benzene rings is 2. The van der Waals surface area contributed by atoms with Gasteiger partial charge in [-0.2, -0.15) is 0 Å². The van der Waals surface area contributed by atoms with Crippen molar-refractivity contribution in [1.29, 1.82) is 0 Å². The standard InChI is InChI=1S/C27H32N2O3/c30-27(25-7-3-2-6-24(25)19-28-11-4-1-5-12-28)29-13-15-31-20-22(18-29)16-21-8-9-23-10-14-32-26(23)17-21/h2-3,6-10,14,17,22H,1,4-5,11-13,15-16,18-20H2/t22-/m1/s1. The normalized spacial score (nSPS) is 20.4. The Kier molecular flexibility index (Phi) is 6.56. The number of likely N-dealkylation sites (tertiary alicyclic amines) is 1. The summed E-state index contributed by atoms with van der Waals surface area (Å²) in [6, 6.07) is 16.5. The minimum atomic E-state index is 0.134. The van der Waals surface area contributed by atoms with Crippen molar-refractivity contribution >= 4 is 16.9 Å². The van der Waals surface area contributed by atoms with E-state index in [-0.39, 0.29) is 11.8 Å². The van der Waals surface area contributed by atoms with Crippen molar-refractivity contribution in [1.82, 2.24) is 9.80 Å². The molecule has 3 aromatic rings. The summed E-state index contributed by atoms with van der Waals surface area (Å²) in [7, 11) is 0. The van der Waals surface area contributed by atoms with E-state index >= 15 is 0 Å². The number of nitrogens with zero attached hydrogens (tertiary/aromatic N) is 2. The molecule has 2 aliphatic rings. The van der Waals surface area contributed by atoms with E-state index in [1.165, 1.54) is 24.8 Å². The molecule has 2 aliphatic heterocycles. The van der Waals surface area contributed by atoms with E-state index in [1.807, 2.05) is 23.1 Å². The van der Waals surface area contributed by atoms with Crippen LogP contribution in [-0.4, -0.2) is 55.1 Å². The first-order valence-corrected chi connectivity index (χ1v) is 11.9. The highest BCUT2D eigenvalue weighted by atomic mass is 16.5. The molecular formula is C27H32N2O3. The number of furan rings is 1. The predicted molar refractivity (Wildman–Crippen MR) is 126 cm³/mol. The van der Waals surface area contributed by atoms with Crippen LogP contribution in [0.4, 0.5) is 0 Å². The maximum atomic E-state index is 13.6. The van der Waals surface area contributed by atoms with Gasteiger partial charge >= 0.3 is 0 Å². The smallest absolute Gasteiger partial charge is 0.254 e. The number of hydrogen-bond donors (Lipinski definition) is 0. The van der Waals surface area contributed by atoms with Gasteiger partial charge in [0, 0.05) is 36.5 Å². The Morgan fingerprint density at radius 3 is 2.78 bits per heavy atom. The Balaban J connectivity index is 1.29. The fraction of sp³-hybridized carbons (Fsp3) is 0.444. The first-order chi connectivity index (χ1) is 15.8. The number of hydrogen-bond acceptors (Lipinski definition) is 4. The van der Waals surface area contributed by atoms with Gasteiger partial charge in [0.1, 0.15) is 5.58 Å². The molecule has 5 heteroatoms. The zero-order valence-electron chi connectivity index (χ0n) is 18.7. The lowest BCUT2D eigenvalue weighted by Gasteiger charge is -2.28. The Morgan fingerprint density at radius 2 is 1.88 bits per heavy atom. The van der Waals surface area contributed by atoms with E-state index in [0.29, 0.717) is 26.3 Å². The molecule has 0 radical (unpaired) electrons. The van der Waals surface area contributed by atoms with Crippen LogP contribution in [0.5, 0.6) is 0 Å². The van der Waals surface area contributed by atoms with Crippen LogP contribution in [0.15, 0.2) is 59.2 Å². The highest BCUT2D eigenvalue weighted by Gasteiger charge is 2.25. The van der Waals surface area contributed by atoms with Crippen molar-refractivity contribution in [2.75, 3.05) is 39.4 Å². The number of carbonyl (C=O) groups excluding carboxylic acids is 1. The van der Waals surface area contributed by atoms with Gasteiger partial charge < -0.3 is 14.1 Å². The van der Waals surface area contributed by atoms with Gasteiger partial charge in [0.2, 0.25) is 0 Å². The molecule has 2 fully saturated rings. The van der Waals surface area contributed by atoms with E-state index in [9.17, 15) is 4.79 Å². The molecule has 0 saturated carbocycles. The zero-order valence-corrected chi connectivity index (χ0v) is 18.7. The molecule has 2 saturated heterocycles. The molecule has 1 amide bonds. The first-order valence-electron chi connectivity index (χ1n) is 11.9. The monoisotopic (exact) mass is 432 g/mol. The van der Waals surface area contributed by atoms with Crippen LogP contribution in [0.1, 0.15) is 40.7 Å². The molecule has 5 rings (SSSR count). The van der Waals surface area contributed by atoms with E-state index in [0.717, 1.165) is 48.2 Å². The van der Waals surface area contributed by atoms with E-state index in [1.54, 1.807) is 6.26 Å². The molecule has 32 heavy (non-hydrogen) atoms. The highest BCUT2D eigenvalue weighted by molar-refractivity contribution is 5.95. The van der Waals surface area contributed by atoms with Crippen LogP contribution in [0.2, 0.25) is 0 Å². The molecule has 1 aromatic heterocycles. The van der Waals surface area contributed by atoms with Crippen LogP contribution in [-0.2, 0) is 17.7 Å². The molecule has 0 aliphatic carbocycles. The van der Waals surface area contributed by atoms with Crippen LogP contribution in [0.25, 0.3) is 11.0 Å². The van der Waals surface area contributed by atoms with E-state index in [4.69, 9.17) is 9.15 Å². The van der Waals surface area contributed by atoms with Crippen molar-refractivity contribution in [3.63, 3.8) is 0 Å². The SMILES string of the molecule is O=C(c1ccccc1CN1CCCCC1)N1CCOC[C@H](Cc2ccc3ccoc3c2)C1. The average molecular weight is 433 g/mol. The van der Waals surface area contributed by atoms with Crippen LogP contribution in [0, 0.1) is 5.92 Å². The second-order valence-electron chi connectivity index (χ2n) is 9.18. The molecule has 0 unspecified atom stereocenters. The number of ether oxygens (including phenoxy) is 1. The van der Waals surface area contributed by atoms with E-state index in [2.05, 4.69) is 35.2 Å². The average Bonchev–Trinajstić information content (AvgIpc) is 3.17. The summed E-state index contributed by atoms with van der Waals surface area (Å²) in [5.74, 6) is 0.401. The van der Waals surface area contributed by atoms with Crippen molar-refractivity contribution in [2.24, 2.45) is 5.92 Å². The number of amides is 1. The number of fused-ring (bicyclic) bond motifs is 1. The lowest BCUT2D eigenvalue weighted by atomic mass is 9.98. The lowest BCUT2D eigenvalue weighted by Crippen LogP contribution is -2.37. The third kappa shape index (κ3) is 4.89. The predicted octanol–water partition coefficient (Wildman–Crippen LogP) is 4.75. The van der Waals surface area contributed by atoms with E-state index < -0.39 is 0 Å². The summed E-state index contributed by atoms with van der Waals surface area (Å²) in [4.78, 5) is 18.1. The molecular weight excluding hydrogens is 400 g/mol. The molecule has 0 bridgehead atoms. The largest absolute Gasteiger partial charge is 0.464 e. The van der Waals surface area contributed by atoms with Crippen LogP contribution >= 0.6 is 0 Å². The minimum absolute atomic E-state index is 0.134.